The predicted octanol–water partition coefficient (Wildman–Crippen LogP) is 2.58. The van der Waals surface area contributed by atoms with Crippen LogP contribution < -0.4 is 4.90 Å². The molecule has 1 aromatic heterocycles. The normalized spacial score (nSPS) is 23.0. The lowest BCUT2D eigenvalue weighted by molar-refractivity contribution is 0.272. The topological polar surface area (TPSA) is 32.3 Å². The third kappa shape index (κ3) is 3.20. The minimum Gasteiger partial charge on any atom is -0.356 e. The van der Waals surface area contributed by atoms with Gasteiger partial charge in [0, 0.05) is 30.4 Å². The van der Waals surface area contributed by atoms with Gasteiger partial charge in [-0.25, -0.2) is 9.97 Å². The van der Waals surface area contributed by atoms with E-state index in [0.29, 0.717) is 6.04 Å². The van der Waals surface area contributed by atoms with E-state index in [2.05, 4.69) is 28.9 Å². The molecule has 2 aliphatic rings. The Bertz CT molecular complexity index is 498. The summed E-state index contributed by atoms with van der Waals surface area (Å²) in [6.07, 6.45) is 8.69. The van der Waals surface area contributed by atoms with Crippen molar-refractivity contribution < 1.29 is 0 Å². The van der Waals surface area contributed by atoms with Crippen molar-refractivity contribution in [2.24, 2.45) is 0 Å². The quantitative estimate of drug-likeness (QED) is 0.837. The van der Waals surface area contributed by atoms with Gasteiger partial charge in [-0.1, -0.05) is 0 Å². The number of hydrogen-bond acceptors (Lipinski definition) is 4. The standard InChI is InChI=1S/C17H28N4/c1-13-18-16-9-5-4-8-15(16)17(19-13)21-11-6-7-14(10-12-21)20(2)3/h14H,4-12H2,1-3H3. The second-order valence-corrected chi connectivity index (χ2v) is 6.76. The summed E-state index contributed by atoms with van der Waals surface area (Å²) in [7, 11) is 4.41. The van der Waals surface area contributed by atoms with Gasteiger partial charge in [0.25, 0.3) is 0 Å². The largest absolute Gasteiger partial charge is 0.356 e. The number of aryl methyl sites for hydroxylation is 2. The van der Waals surface area contributed by atoms with Crippen molar-refractivity contribution in [2.45, 2.75) is 57.9 Å². The molecule has 1 saturated heterocycles. The first-order valence-corrected chi connectivity index (χ1v) is 8.43. The molecule has 1 aromatic rings. The van der Waals surface area contributed by atoms with Gasteiger partial charge in [0.2, 0.25) is 0 Å². The lowest BCUT2D eigenvalue weighted by Gasteiger charge is -2.28. The molecule has 0 radical (unpaired) electrons. The van der Waals surface area contributed by atoms with Gasteiger partial charge < -0.3 is 9.80 Å². The van der Waals surface area contributed by atoms with E-state index in [9.17, 15) is 0 Å². The Morgan fingerprint density at radius 1 is 1.00 bits per heavy atom. The number of nitrogens with zero attached hydrogens (tertiary/aromatic N) is 4. The molecule has 1 aliphatic carbocycles. The number of hydrogen-bond donors (Lipinski definition) is 0. The summed E-state index contributed by atoms with van der Waals surface area (Å²) >= 11 is 0. The second kappa shape index (κ2) is 6.30. The molecule has 3 rings (SSSR count). The van der Waals surface area contributed by atoms with Crippen LogP contribution >= 0.6 is 0 Å². The third-order valence-corrected chi connectivity index (χ3v) is 5.00. The molecule has 1 aliphatic heterocycles. The van der Waals surface area contributed by atoms with Gasteiger partial charge >= 0.3 is 0 Å². The number of rotatable bonds is 2. The van der Waals surface area contributed by atoms with E-state index in [1.54, 1.807) is 0 Å². The molecule has 0 amide bonds. The first-order chi connectivity index (χ1) is 10.1. The van der Waals surface area contributed by atoms with E-state index in [1.807, 2.05) is 6.92 Å². The molecule has 1 unspecified atom stereocenters. The zero-order valence-electron chi connectivity index (χ0n) is 13.7. The molecule has 0 spiro atoms. The maximum atomic E-state index is 4.82. The highest BCUT2D eigenvalue weighted by Gasteiger charge is 2.24. The molecule has 116 valence electrons. The van der Waals surface area contributed by atoms with Crippen molar-refractivity contribution in [3.63, 3.8) is 0 Å². The average molecular weight is 288 g/mol. The molecule has 0 aromatic carbocycles. The van der Waals surface area contributed by atoms with Gasteiger partial charge in [-0.05, 0) is 66.0 Å². The summed E-state index contributed by atoms with van der Waals surface area (Å²) in [5.74, 6) is 2.19. The van der Waals surface area contributed by atoms with E-state index in [0.717, 1.165) is 25.3 Å². The Morgan fingerprint density at radius 2 is 1.81 bits per heavy atom. The summed E-state index contributed by atoms with van der Waals surface area (Å²) in [4.78, 5) is 14.4. The zero-order valence-corrected chi connectivity index (χ0v) is 13.7. The molecular weight excluding hydrogens is 260 g/mol. The average Bonchev–Trinajstić information content (AvgIpc) is 2.72. The number of aromatic nitrogens is 2. The molecular formula is C17H28N4. The Morgan fingerprint density at radius 3 is 2.62 bits per heavy atom. The fourth-order valence-electron chi connectivity index (χ4n) is 3.76. The number of anilines is 1. The highest BCUT2D eigenvalue weighted by atomic mass is 15.2. The fraction of sp³-hybridized carbons (Fsp3) is 0.765. The summed E-state index contributed by atoms with van der Waals surface area (Å²) in [5, 5.41) is 0. The number of fused-ring (bicyclic) bond motifs is 1. The van der Waals surface area contributed by atoms with Gasteiger partial charge in [0.05, 0.1) is 0 Å². The monoisotopic (exact) mass is 288 g/mol. The lowest BCUT2D eigenvalue weighted by atomic mass is 9.96. The highest BCUT2D eigenvalue weighted by molar-refractivity contribution is 5.50. The van der Waals surface area contributed by atoms with Crippen molar-refractivity contribution in [3.05, 3.63) is 17.1 Å². The highest BCUT2D eigenvalue weighted by Crippen LogP contribution is 2.29. The minimum atomic E-state index is 0.716. The SMILES string of the molecule is Cc1nc2c(c(N3CCCC(N(C)C)CC3)n1)CCCC2. The van der Waals surface area contributed by atoms with E-state index >= 15 is 0 Å². The maximum Gasteiger partial charge on any atom is 0.135 e. The molecule has 0 bridgehead atoms. The van der Waals surface area contributed by atoms with Crippen LogP contribution in [0.1, 0.15) is 49.2 Å². The third-order valence-electron chi connectivity index (χ3n) is 5.00. The Balaban J connectivity index is 1.85. The van der Waals surface area contributed by atoms with Crippen LogP contribution in [0, 0.1) is 6.92 Å². The summed E-state index contributed by atoms with van der Waals surface area (Å²) < 4.78 is 0. The van der Waals surface area contributed by atoms with Crippen LogP contribution in [-0.2, 0) is 12.8 Å². The van der Waals surface area contributed by atoms with Crippen molar-refractivity contribution in [1.29, 1.82) is 0 Å². The first-order valence-electron chi connectivity index (χ1n) is 8.43. The molecule has 1 atom stereocenters. The van der Waals surface area contributed by atoms with Crippen LogP contribution in [0.3, 0.4) is 0 Å². The van der Waals surface area contributed by atoms with E-state index < -0.39 is 0 Å². The van der Waals surface area contributed by atoms with Crippen molar-refractivity contribution in [2.75, 3.05) is 32.1 Å². The van der Waals surface area contributed by atoms with Crippen LogP contribution in [0.5, 0.6) is 0 Å². The van der Waals surface area contributed by atoms with Crippen LogP contribution in [0.15, 0.2) is 0 Å². The van der Waals surface area contributed by atoms with Crippen molar-refractivity contribution in [3.8, 4) is 0 Å². The molecule has 1 fully saturated rings. The smallest absolute Gasteiger partial charge is 0.135 e. The van der Waals surface area contributed by atoms with Crippen molar-refractivity contribution >= 4 is 5.82 Å². The van der Waals surface area contributed by atoms with E-state index in [1.165, 1.54) is 55.6 Å². The van der Waals surface area contributed by atoms with Crippen LogP contribution in [-0.4, -0.2) is 48.1 Å². The van der Waals surface area contributed by atoms with Crippen LogP contribution in [0.2, 0.25) is 0 Å². The summed E-state index contributed by atoms with van der Waals surface area (Å²) in [5.41, 5.74) is 2.76. The zero-order chi connectivity index (χ0) is 14.8. The fourth-order valence-corrected chi connectivity index (χ4v) is 3.76. The molecule has 21 heavy (non-hydrogen) atoms. The van der Waals surface area contributed by atoms with Crippen LogP contribution in [0.4, 0.5) is 5.82 Å². The molecule has 0 saturated carbocycles. The van der Waals surface area contributed by atoms with Crippen molar-refractivity contribution in [1.82, 2.24) is 14.9 Å². The molecule has 4 nitrogen and oxygen atoms in total. The molecule has 0 N–H and O–H groups in total. The van der Waals surface area contributed by atoms with Crippen LogP contribution in [0.25, 0.3) is 0 Å². The van der Waals surface area contributed by atoms with Gasteiger partial charge in [0.15, 0.2) is 0 Å². The minimum absolute atomic E-state index is 0.716. The molecule has 4 heteroatoms. The summed E-state index contributed by atoms with van der Waals surface area (Å²) in [6.45, 7) is 4.32. The maximum absolute atomic E-state index is 4.82. The van der Waals surface area contributed by atoms with Gasteiger partial charge in [-0.15, -0.1) is 0 Å². The summed E-state index contributed by atoms with van der Waals surface area (Å²) in [6, 6.07) is 0.716. The van der Waals surface area contributed by atoms with E-state index in [4.69, 9.17) is 4.98 Å². The Kier molecular flexibility index (Phi) is 4.43. The Hall–Kier alpha value is -1.16. The van der Waals surface area contributed by atoms with Gasteiger partial charge in [-0.3, -0.25) is 0 Å². The first kappa shape index (κ1) is 14.8. The van der Waals surface area contributed by atoms with E-state index in [-0.39, 0.29) is 0 Å². The van der Waals surface area contributed by atoms with Gasteiger partial charge in [-0.2, -0.15) is 0 Å². The molecule has 2 heterocycles. The Labute approximate surface area is 128 Å². The predicted molar refractivity (Wildman–Crippen MR) is 87.0 cm³/mol. The van der Waals surface area contributed by atoms with Gasteiger partial charge in [0.1, 0.15) is 11.6 Å². The second-order valence-electron chi connectivity index (χ2n) is 6.76. The lowest BCUT2D eigenvalue weighted by Crippen LogP contribution is -2.31.